The molecule has 2 aromatic carbocycles. The third-order valence-corrected chi connectivity index (χ3v) is 5.04. The standard InChI is InChI=1S/C12H17BrO3.C6H13BrO2.C6H5BrO.CH3F.Na.H/c1-3-14-12(15-4-2)9-16-11-7-5-6-10(13)8-11;1-3-8-6(5-7)9-4-2;7-5-2-1-3-6(8)4-5;1-2;;/h5-8,12H,3-4,9H2,1-2H3;6H,3-5H2,1-2H3;1-4,8H;1H3;;/q;;;;+1;-1/i;;;1D;;. The molecule has 2 aromatic rings. The normalized spacial score (nSPS) is 10.0. The molecule has 0 bridgehead atoms. The van der Waals surface area contributed by atoms with Crippen LogP contribution in [0.4, 0.5) is 4.39 Å². The van der Waals surface area contributed by atoms with E-state index in [2.05, 4.69) is 47.8 Å². The molecule has 6 nitrogen and oxygen atoms in total. The molecule has 1 N–H and O–H groups in total. The first-order chi connectivity index (χ1) is 17.3. The van der Waals surface area contributed by atoms with E-state index in [1.807, 2.05) is 58.0 Å². The van der Waals surface area contributed by atoms with Crippen LogP contribution in [-0.4, -0.2) is 63.2 Å². The summed E-state index contributed by atoms with van der Waals surface area (Å²) in [6, 6.07) is 14.6. The maximum atomic E-state index is 9.96. The van der Waals surface area contributed by atoms with E-state index in [0.717, 1.165) is 20.0 Å². The van der Waals surface area contributed by atoms with Crippen LogP contribution in [0.15, 0.2) is 57.5 Å². The van der Waals surface area contributed by atoms with Crippen LogP contribution >= 0.6 is 47.8 Å². The van der Waals surface area contributed by atoms with E-state index in [1.165, 1.54) is 0 Å². The fourth-order valence-corrected chi connectivity index (χ4v) is 3.36. The van der Waals surface area contributed by atoms with Crippen molar-refractivity contribution in [2.75, 3.05) is 45.5 Å². The summed E-state index contributed by atoms with van der Waals surface area (Å²) in [5.41, 5.74) is 0. The van der Waals surface area contributed by atoms with Crippen LogP contribution in [0.1, 0.15) is 30.5 Å². The van der Waals surface area contributed by atoms with Crippen LogP contribution in [0.25, 0.3) is 0 Å². The fraction of sp³-hybridized carbons (Fsp3) is 0.520. The van der Waals surface area contributed by atoms with Crippen molar-refractivity contribution >= 4 is 47.8 Å². The van der Waals surface area contributed by atoms with Crippen molar-refractivity contribution in [3.05, 3.63) is 57.5 Å². The van der Waals surface area contributed by atoms with Crippen molar-refractivity contribution in [2.24, 2.45) is 0 Å². The Morgan fingerprint density at radius 3 is 1.67 bits per heavy atom. The van der Waals surface area contributed by atoms with Gasteiger partial charge in [0, 0.05) is 35.4 Å². The van der Waals surface area contributed by atoms with Gasteiger partial charge in [0.1, 0.15) is 18.1 Å². The number of aromatic hydroxyl groups is 1. The largest absolute Gasteiger partial charge is 1.00 e. The van der Waals surface area contributed by atoms with E-state index >= 15 is 0 Å². The zero-order valence-corrected chi connectivity index (χ0v) is 28.5. The summed E-state index contributed by atoms with van der Waals surface area (Å²) in [5, 5.41) is 9.53. The van der Waals surface area contributed by atoms with E-state index in [1.54, 1.807) is 18.2 Å². The van der Waals surface area contributed by atoms with Gasteiger partial charge in [-0.15, -0.1) is 0 Å². The van der Waals surface area contributed by atoms with Crippen molar-refractivity contribution in [3.8, 4) is 11.5 Å². The van der Waals surface area contributed by atoms with Crippen LogP contribution in [0.3, 0.4) is 0 Å². The van der Waals surface area contributed by atoms with E-state index < -0.39 is 7.15 Å². The Bertz CT molecular complexity index is 730. The molecule has 0 aliphatic rings. The minimum absolute atomic E-state index is 0. The van der Waals surface area contributed by atoms with Crippen molar-refractivity contribution < 1.29 is 65.5 Å². The molecule has 0 radical (unpaired) electrons. The first kappa shape index (κ1) is 38.4. The quantitative estimate of drug-likeness (QED) is 0.192. The molecule has 2 rings (SSSR count). The molecule has 0 unspecified atom stereocenters. The molecule has 0 saturated heterocycles. The Morgan fingerprint density at radius 1 is 0.861 bits per heavy atom. The second kappa shape index (κ2) is 29.8. The van der Waals surface area contributed by atoms with Gasteiger partial charge in [-0.1, -0.05) is 59.9 Å². The Morgan fingerprint density at radius 2 is 1.31 bits per heavy atom. The summed E-state index contributed by atoms with van der Waals surface area (Å²) in [4.78, 5) is 0. The summed E-state index contributed by atoms with van der Waals surface area (Å²) in [5.74, 6) is 1.10. The molecule has 204 valence electrons. The number of hydrogen-bond donors (Lipinski definition) is 1. The van der Waals surface area contributed by atoms with Crippen LogP contribution in [0, 0.1) is 0 Å². The van der Waals surface area contributed by atoms with Gasteiger partial charge in [0.25, 0.3) is 0 Å². The number of phenolic OH excluding ortho intramolecular Hbond substituents is 1. The number of alkyl halides is 2. The molecule has 0 heterocycles. The minimum atomic E-state index is -1.00. The van der Waals surface area contributed by atoms with Gasteiger partial charge in [-0.2, -0.15) is 0 Å². The molecule has 11 heteroatoms. The van der Waals surface area contributed by atoms with Crippen molar-refractivity contribution in [1.29, 1.82) is 0 Å². The SMILES string of the molecule is CCOC(CBr)OCC.CCOC(COc1cccc(Br)c1)OCC.Oc1cccc(Br)c1.[2H]CF.[H-].[Na+]. The van der Waals surface area contributed by atoms with Gasteiger partial charge in [-0.05, 0) is 64.1 Å². The Kier molecular flexibility index (Phi) is 31.8. The third kappa shape index (κ3) is 24.6. The van der Waals surface area contributed by atoms with Crippen molar-refractivity contribution in [1.82, 2.24) is 0 Å². The maximum Gasteiger partial charge on any atom is 1.00 e. The van der Waals surface area contributed by atoms with Gasteiger partial charge >= 0.3 is 29.6 Å². The molecule has 0 spiro atoms. The van der Waals surface area contributed by atoms with Crippen molar-refractivity contribution in [2.45, 2.75) is 40.3 Å². The second-order valence-corrected chi connectivity index (χ2v) is 8.56. The van der Waals surface area contributed by atoms with E-state index in [0.29, 0.717) is 38.8 Å². The second-order valence-electron chi connectivity index (χ2n) is 6.08. The third-order valence-electron chi connectivity index (χ3n) is 3.53. The van der Waals surface area contributed by atoms with E-state index in [9.17, 15) is 4.39 Å². The van der Waals surface area contributed by atoms with Gasteiger partial charge < -0.3 is 30.2 Å². The number of hydrogen-bond acceptors (Lipinski definition) is 6. The summed E-state index contributed by atoms with van der Waals surface area (Å²) < 4.78 is 44.0. The van der Waals surface area contributed by atoms with Gasteiger partial charge in [0.2, 0.25) is 0 Å². The molecule has 0 aliphatic heterocycles. The molecule has 0 aliphatic carbocycles. The van der Waals surface area contributed by atoms with Gasteiger partial charge in [-0.25, -0.2) is 0 Å². The predicted octanol–water partition coefficient (Wildman–Crippen LogP) is 4.86. The number of benzene rings is 2. The summed E-state index contributed by atoms with van der Waals surface area (Å²) in [6.07, 6.45) is -0.367. The maximum absolute atomic E-state index is 9.96. The first-order valence-electron chi connectivity index (χ1n) is 11.7. The monoisotopic (exact) mass is 715 g/mol. The Hall–Kier alpha value is 0.250. The molecule has 0 saturated carbocycles. The number of phenols is 1. The van der Waals surface area contributed by atoms with E-state index in [4.69, 9.17) is 30.2 Å². The van der Waals surface area contributed by atoms with Crippen LogP contribution in [-0.2, 0) is 18.9 Å². The predicted molar refractivity (Wildman–Crippen MR) is 151 cm³/mol. The Balaban J connectivity index is -0.000000226. The average Bonchev–Trinajstić information content (AvgIpc) is 2.84. The smallest absolute Gasteiger partial charge is 1.00 e. The Labute approximate surface area is 266 Å². The zero-order chi connectivity index (χ0) is 27.6. The molecule has 36 heavy (non-hydrogen) atoms. The summed E-state index contributed by atoms with van der Waals surface area (Å²) in [7, 11) is -1.00. The van der Waals surface area contributed by atoms with Gasteiger partial charge in [0.05, 0.1) is 13.9 Å². The average molecular weight is 718 g/mol. The van der Waals surface area contributed by atoms with Crippen LogP contribution in [0.2, 0.25) is 0 Å². The number of ether oxygens (including phenoxy) is 5. The molecule has 0 aromatic heterocycles. The zero-order valence-electron chi connectivity index (χ0n) is 23.7. The number of halogens is 4. The van der Waals surface area contributed by atoms with Gasteiger partial charge in [0.15, 0.2) is 12.6 Å². The molecular formula is C25H39Br3FNaO6. The molecule has 0 atom stereocenters. The minimum Gasteiger partial charge on any atom is -1.00 e. The topological polar surface area (TPSA) is 66.4 Å². The first-order valence-corrected chi connectivity index (χ1v) is 13.7. The number of rotatable bonds is 12. The van der Waals surface area contributed by atoms with Gasteiger partial charge in [-0.3, -0.25) is 4.39 Å². The van der Waals surface area contributed by atoms with E-state index in [-0.39, 0.29) is 43.6 Å². The van der Waals surface area contributed by atoms with Crippen molar-refractivity contribution in [3.63, 3.8) is 0 Å². The summed E-state index contributed by atoms with van der Waals surface area (Å²) >= 11 is 9.86. The van der Waals surface area contributed by atoms with Crippen LogP contribution < -0.4 is 34.3 Å². The molecule has 0 fully saturated rings. The fourth-order valence-electron chi connectivity index (χ4n) is 2.22. The molecular weight excluding hydrogens is 678 g/mol. The van der Waals surface area contributed by atoms with Crippen LogP contribution in [0.5, 0.6) is 11.5 Å². The molecule has 0 amide bonds. The summed E-state index contributed by atoms with van der Waals surface area (Å²) in [6.45, 7) is 10.8.